The van der Waals surface area contributed by atoms with Crippen LogP contribution in [0.15, 0.2) is 60.9 Å². The van der Waals surface area contributed by atoms with Crippen LogP contribution >= 0.6 is 0 Å². The second-order valence-electron chi connectivity index (χ2n) is 4.90. The number of aromatic nitrogens is 2. The number of aryl methyl sites for hydroxylation is 1. The van der Waals surface area contributed by atoms with Crippen LogP contribution in [0.5, 0.6) is 17.5 Å². The van der Waals surface area contributed by atoms with Crippen LogP contribution < -0.4 is 9.47 Å². The van der Waals surface area contributed by atoms with Gasteiger partial charge in [-0.3, -0.25) is 0 Å². The molecule has 110 valence electrons. The predicted molar refractivity (Wildman–Crippen MR) is 85.3 cm³/mol. The Balaban J connectivity index is 1.75. The molecule has 0 aliphatic carbocycles. The van der Waals surface area contributed by atoms with Gasteiger partial charge < -0.3 is 9.47 Å². The van der Waals surface area contributed by atoms with Gasteiger partial charge in [-0.25, -0.2) is 9.97 Å². The Morgan fingerprint density at radius 3 is 1.91 bits per heavy atom. The third-order valence-electron chi connectivity index (χ3n) is 3.28. The van der Waals surface area contributed by atoms with Crippen molar-refractivity contribution in [2.24, 2.45) is 0 Å². The van der Waals surface area contributed by atoms with Crippen LogP contribution in [0.2, 0.25) is 0 Å². The molecule has 0 bridgehead atoms. The molecule has 0 unspecified atom stereocenters. The highest BCUT2D eigenvalue weighted by Crippen LogP contribution is 2.23. The van der Waals surface area contributed by atoms with Crippen LogP contribution in [0.1, 0.15) is 5.56 Å². The lowest BCUT2D eigenvalue weighted by molar-refractivity contribution is 0.415. The molecule has 0 spiro atoms. The number of hydrogen-bond donors (Lipinski definition) is 0. The zero-order valence-corrected chi connectivity index (χ0v) is 12.5. The van der Waals surface area contributed by atoms with Crippen molar-refractivity contribution in [3.8, 4) is 28.6 Å². The first kappa shape index (κ1) is 14.1. The van der Waals surface area contributed by atoms with Crippen molar-refractivity contribution in [1.82, 2.24) is 9.97 Å². The largest absolute Gasteiger partial charge is 0.497 e. The highest BCUT2D eigenvalue weighted by atomic mass is 16.5. The van der Waals surface area contributed by atoms with E-state index >= 15 is 0 Å². The third kappa shape index (κ3) is 3.23. The Morgan fingerprint density at radius 1 is 0.727 bits per heavy atom. The van der Waals surface area contributed by atoms with Gasteiger partial charge in [-0.15, -0.1) is 0 Å². The number of benzene rings is 2. The molecule has 4 heteroatoms. The van der Waals surface area contributed by atoms with Crippen molar-refractivity contribution in [1.29, 1.82) is 0 Å². The van der Waals surface area contributed by atoms with E-state index in [0.29, 0.717) is 6.01 Å². The first-order chi connectivity index (χ1) is 10.7. The molecule has 0 fully saturated rings. The fourth-order valence-electron chi connectivity index (χ4n) is 2.01. The lowest BCUT2D eigenvalue weighted by atomic mass is 10.1. The molecule has 0 amide bonds. The monoisotopic (exact) mass is 292 g/mol. The van der Waals surface area contributed by atoms with Gasteiger partial charge in [0.2, 0.25) is 0 Å². The van der Waals surface area contributed by atoms with Crippen molar-refractivity contribution in [2.45, 2.75) is 6.92 Å². The highest BCUT2D eigenvalue weighted by molar-refractivity contribution is 5.62. The van der Waals surface area contributed by atoms with Gasteiger partial charge in [0.25, 0.3) is 0 Å². The van der Waals surface area contributed by atoms with Crippen molar-refractivity contribution in [3.63, 3.8) is 0 Å². The fourth-order valence-corrected chi connectivity index (χ4v) is 2.01. The molecule has 3 aromatic rings. The van der Waals surface area contributed by atoms with E-state index in [0.717, 1.165) is 22.6 Å². The van der Waals surface area contributed by atoms with Gasteiger partial charge in [0.15, 0.2) is 0 Å². The SMILES string of the molecule is COc1ccc(-c2cnc(Oc3ccc(C)cc3)nc2)cc1. The minimum atomic E-state index is 0.334. The molecule has 3 rings (SSSR count). The van der Waals surface area contributed by atoms with Crippen molar-refractivity contribution < 1.29 is 9.47 Å². The maximum atomic E-state index is 5.62. The lowest BCUT2D eigenvalue weighted by Gasteiger charge is -2.06. The minimum Gasteiger partial charge on any atom is -0.497 e. The quantitative estimate of drug-likeness (QED) is 0.721. The van der Waals surface area contributed by atoms with Crippen LogP contribution in [0.4, 0.5) is 0 Å². The normalized spacial score (nSPS) is 10.3. The molecular weight excluding hydrogens is 276 g/mol. The average Bonchev–Trinajstić information content (AvgIpc) is 2.58. The highest BCUT2D eigenvalue weighted by Gasteiger charge is 2.03. The number of ether oxygens (including phenoxy) is 2. The summed E-state index contributed by atoms with van der Waals surface area (Å²) in [7, 11) is 1.65. The molecule has 0 atom stereocenters. The average molecular weight is 292 g/mol. The Kier molecular flexibility index (Phi) is 4.01. The van der Waals surface area contributed by atoms with Crippen molar-refractivity contribution in [3.05, 3.63) is 66.5 Å². The first-order valence-corrected chi connectivity index (χ1v) is 6.95. The van der Waals surface area contributed by atoms with Gasteiger partial charge in [0.1, 0.15) is 11.5 Å². The second kappa shape index (κ2) is 6.26. The maximum Gasteiger partial charge on any atom is 0.321 e. The fraction of sp³-hybridized carbons (Fsp3) is 0.111. The Morgan fingerprint density at radius 2 is 1.32 bits per heavy atom. The van der Waals surface area contributed by atoms with Crippen LogP contribution in [-0.4, -0.2) is 17.1 Å². The summed E-state index contributed by atoms with van der Waals surface area (Å²) < 4.78 is 10.8. The van der Waals surface area contributed by atoms with Gasteiger partial charge in [-0.05, 0) is 36.8 Å². The molecule has 2 aromatic carbocycles. The lowest BCUT2D eigenvalue weighted by Crippen LogP contribution is -1.92. The van der Waals surface area contributed by atoms with Crippen molar-refractivity contribution >= 4 is 0 Å². The summed E-state index contributed by atoms with van der Waals surface area (Å²) in [6.45, 7) is 2.03. The zero-order chi connectivity index (χ0) is 15.4. The van der Waals surface area contributed by atoms with Gasteiger partial charge in [-0.2, -0.15) is 0 Å². The number of rotatable bonds is 4. The number of hydrogen-bond acceptors (Lipinski definition) is 4. The molecule has 0 N–H and O–H groups in total. The molecule has 4 nitrogen and oxygen atoms in total. The maximum absolute atomic E-state index is 5.62. The minimum absolute atomic E-state index is 0.334. The van der Waals surface area contributed by atoms with E-state index in [1.54, 1.807) is 19.5 Å². The van der Waals surface area contributed by atoms with Gasteiger partial charge in [0.05, 0.1) is 7.11 Å². The van der Waals surface area contributed by atoms with E-state index < -0.39 is 0 Å². The van der Waals surface area contributed by atoms with Crippen LogP contribution in [0, 0.1) is 6.92 Å². The summed E-state index contributed by atoms with van der Waals surface area (Å²) in [6.07, 6.45) is 3.50. The summed E-state index contributed by atoms with van der Waals surface area (Å²) in [5, 5.41) is 0. The Hall–Kier alpha value is -2.88. The summed E-state index contributed by atoms with van der Waals surface area (Å²) in [6, 6.07) is 15.9. The smallest absolute Gasteiger partial charge is 0.321 e. The van der Waals surface area contributed by atoms with Gasteiger partial charge >= 0.3 is 6.01 Å². The number of nitrogens with zero attached hydrogens (tertiary/aromatic N) is 2. The van der Waals surface area contributed by atoms with E-state index in [4.69, 9.17) is 9.47 Å². The van der Waals surface area contributed by atoms with E-state index in [-0.39, 0.29) is 0 Å². The van der Waals surface area contributed by atoms with Crippen molar-refractivity contribution in [2.75, 3.05) is 7.11 Å². The molecule has 0 aliphatic rings. The molecule has 0 radical (unpaired) electrons. The second-order valence-corrected chi connectivity index (χ2v) is 4.90. The summed E-state index contributed by atoms with van der Waals surface area (Å²) in [4.78, 5) is 8.50. The van der Waals surface area contributed by atoms with Crippen LogP contribution in [-0.2, 0) is 0 Å². The molecule has 0 saturated carbocycles. The standard InChI is InChI=1S/C18H16N2O2/c1-13-3-7-17(8-4-13)22-18-19-11-15(12-20-18)14-5-9-16(21-2)10-6-14/h3-12H,1-2H3. The Labute approximate surface area is 129 Å². The predicted octanol–water partition coefficient (Wildman–Crippen LogP) is 4.25. The molecule has 1 aromatic heterocycles. The van der Waals surface area contributed by atoms with Gasteiger partial charge in [-0.1, -0.05) is 29.8 Å². The summed E-state index contributed by atoms with van der Waals surface area (Å²) in [5.41, 5.74) is 3.14. The molecule has 22 heavy (non-hydrogen) atoms. The van der Waals surface area contributed by atoms with Gasteiger partial charge in [0, 0.05) is 18.0 Å². The molecular formula is C18H16N2O2. The first-order valence-electron chi connectivity index (χ1n) is 6.95. The van der Waals surface area contributed by atoms with E-state index in [2.05, 4.69) is 9.97 Å². The molecule has 0 saturated heterocycles. The van der Waals surface area contributed by atoms with Crippen LogP contribution in [0.3, 0.4) is 0 Å². The van der Waals surface area contributed by atoms with Crippen LogP contribution in [0.25, 0.3) is 11.1 Å². The topological polar surface area (TPSA) is 44.2 Å². The zero-order valence-electron chi connectivity index (χ0n) is 12.5. The summed E-state index contributed by atoms with van der Waals surface area (Å²) in [5.74, 6) is 1.55. The molecule has 1 heterocycles. The molecule has 0 aliphatic heterocycles. The third-order valence-corrected chi connectivity index (χ3v) is 3.28. The van der Waals surface area contributed by atoms with E-state index in [1.807, 2.05) is 55.5 Å². The van der Waals surface area contributed by atoms with E-state index in [9.17, 15) is 0 Å². The van der Waals surface area contributed by atoms with E-state index in [1.165, 1.54) is 5.56 Å². The number of methoxy groups -OCH3 is 1. The summed E-state index contributed by atoms with van der Waals surface area (Å²) >= 11 is 0. The Bertz CT molecular complexity index is 736.